The van der Waals surface area contributed by atoms with Crippen molar-refractivity contribution in [3.8, 4) is 0 Å². The number of carbonyl (C=O) groups is 2. The molecule has 1 aromatic heterocycles. The van der Waals surface area contributed by atoms with E-state index < -0.39 is 0 Å². The van der Waals surface area contributed by atoms with Crippen LogP contribution in [0.3, 0.4) is 0 Å². The number of aryl methyl sites for hydroxylation is 1. The zero-order valence-corrected chi connectivity index (χ0v) is 26.9. The van der Waals surface area contributed by atoms with Gasteiger partial charge in [0.1, 0.15) is 0 Å². The van der Waals surface area contributed by atoms with E-state index in [1.807, 2.05) is 121 Å². The highest BCUT2D eigenvalue weighted by atomic mass is 32.2. The van der Waals surface area contributed by atoms with Crippen LogP contribution in [-0.2, 0) is 16.1 Å². The normalized spacial score (nSPS) is 11.8. The number of pyridine rings is 1. The number of hydrogen-bond donors (Lipinski definition) is 0. The Morgan fingerprint density at radius 1 is 0.818 bits per heavy atom. The fourth-order valence-electron chi connectivity index (χ4n) is 3.63. The monoisotopic (exact) mass is 627 g/mol. The van der Waals surface area contributed by atoms with Crippen LogP contribution >= 0.6 is 23.5 Å². The molecule has 0 N–H and O–H groups in total. The second-order valence-corrected chi connectivity index (χ2v) is 11.7. The van der Waals surface area contributed by atoms with Gasteiger partial charge in [0, 0.05) is 63.1 Å². The van der Waals surface area contributed by atoms with E-state index in [-0.39, 0.29) is 23.1 Å². The topological polar surface area (TPSA) is 81.6 Å². The molecule has 0 bridgehead atoms. The van der Waals surface area contributed by atoms with Crippen molar-refractivity contribution in [3.05, 3.63) is 115 Å². The quantitative estimate of drug-likeness (QED) is 0.0596. The smallest absolute Gasteiger partial charge is 0.189 e. The van der Waals surface area contributed by atoms with Gasteiger partial charge in [0.2, 0.25) is 0 Å². The summed E-state index contributed by atoms with van der Waals surface area (Å²) in [4.78, 5) is 28.8. The fraction of sp³-hybridized carbons (Fsp3) is 0.235. The standard InChI is InChI=1S/C34H39N6O2S2/c1-4-29(27-36-38(2)31-11-7-5-8-12-31)17-20-35-21-25-43-33(41)15-16-34(42)44-26-24-40-22-18-30(19-23-40)28-37-39(3)32-13-9-6-10-14-32/h4-14,17-20,22-23,27-28H,1,15-16,21,24-26H2,2-3H3/q+1/b29-17+,35-20?,36-27+. The van der Waals surface area contributed by atoms with Gasteiger partial charge in [-0.05, 0) is 35.9 Å². The van der Waals surface area contributed by atoms with Crippen molar-refractivity contribution in [2.45, 2.75) is 19.4 Å². The second kappa shape index (κ2) is 19.8. The van der Waals surface area contributed by atoms with Crippen LogP contribution in [-0.4, -0.2) is 61.0 Å². The highest BCUT2D eigenvalue weighted by molar-refractivity contribution is 8.14. The number of aromatic nitrogens is 1. The molecule has 44 heavy (non-hydrogen) atoms. The van der Waals surface area contributed by atoms with Crippen LogP contribution in [0.2, 0.25) is 0 Å². The molecule has 228 valence electrons. The average Bonchev–Trinajstić information content (AvgIpc) is 3.06. The lowest BCUT2D eigenvalue weighted by Crippen LogP contribution is -2.34. The molecule has 0 saturated carbocycles. The van der Waals surface area contributed by atoms with Gasteiger partial charge in [0.15, 0.2) is 29.2 Å². The first-order valence-electron chi connectivity index (χ1n) is 14.2. The molecule has 0 atom stereocenters. The predicted molar refractivity (Wildman–Crippen MR) is 188 cm³/mol. The lowest BCUT2D eigenvalue weighted by Gasteiger charge is -2.12. The van der Waals surface area contributed by atoms with Crippen molar-refractivity contribution >= 4 is 63.8 Å². The first kappa shape index (κ1) is 34.2. The number of aliphatic imine (C=N–C) groups is 1. The number of hydrazone groups is 2. The average molecular weight is 628 g/mol. The van der Waals surface area contributed by atoms with Gasteiger partial charge in [-0.25, -0.2) is 4.57 Å². The molecule has 2 aromatic carbocycles. The summed E-state index contributed by atoms with van der Waals surface area (Å²) >= 11 is 2.48. The number of benzene rings is 2. The van der Waals surface area contributed by atoms with Gasteiger partial charge >= 0.3 is 0 Å². The van der Waals surface area contributed by atoms with Crippen molar-refractivity contribution in [1.82, 2.24) is 0 Å². The number of thioether (sulfide) groups is 2. The maximum absolute atomic E-state index is 12.3. The fourth-order valence-corrected chi connectivity index (χ4v) is 5.08. The number of hydrogen-bond acceptors (Lipinski definition) is 9. The summed E-state index contributed by atoms with van der Waals surface area (Å²) in [6.45, 7) is 5.03. The second-order valence-electron chi connectivity index (χ2n) is 9.44. The maximum atomic E-state index is 12.3. The molecule has 0 aliphatic heterocycles. The molecule has 8 nitrogen and oxygen atoms in total. The molecule has 0 spiro atoms. The summed E-state index contributed by atoms with van der Waals surface area (Å²) in [6, 6.07) is 23.8. The highest BCUT2D eigenvalue weighted by Gasteiger charge is 2.10. The van der Waals surface area contributed by atoms with E-state index in [2.05, 4.69) is 21.8 Å². The lowest BCUT2D eigenvalue weighted by molar-refractivity contribution is -0.692. The molecule has 0 saturated heterocycles. The Morgan fingerprint density at radius 2 is 1.39 bits per heavy atom. The Morgan fingerprint density at radius 3 is 1.98 bits per heavy atom. The minimum Gasteiger partial charge on any atom is -0.292 e. The molecule has 0 radical (unpaired) electrons. The van der Waals surface area contributed by atoms with Crippen LogP contribution in [0.4, 0.5) is 11.4 Å². The van der Waals surface area contributed by atoms with Crippen LogP contribution in [0, 0.1) is 0 Å². The maximum Gasteiger partial charge on any atom is 0.189 e. The number of nitrogens with zero attached hydrogens (tertiary/aromatic N) is 6. The van der Waals surface area contributed by atoms with Crippen LogP contribution in [0.1, 0.15) is 18.4 Å². The molecule has 3 rings (SSSR count). The Balaban J connectivity index is 1.26. The number of rotatable bonds is 17. The van der Waals surface area contributed by atoms with E-state index in [1.54, 1.807) is 23.5 Å². The molecule has 0 amide bonds. The summed E-state index contributed by atoms with van der Waals surface area (Å²) in [5, 5.41) is 12.5. The van der Waals surface area contributed by atoms with Crippen LogP contribution in [0.5, 0.6) is 0 Å². The Labute approximate surface area is 269 Å². The van der Waals surface area contributed by atoms with Gasteiger partial charge in [0.05, 0.1) is 29.6 Å². The van der Waals surface area contributed by atoms with Gasteiger partial charge in [-0.15, -0.1) is 0 Å². The van der Waals surface area contributed by atoms with Gasteiger partial charge in [-0.3, -0.25) is 24.6 Å². The number of anilines is 2. The summed E-state index contributed by atoms with van der Waals surface area (Å²) in [5.74, 6) is 1.22. The first-order valence-corrected chi connectivity index (χ1v) is 16.2. The van der Waals surface area contributed by atoms with Gasteiger partial charge < -0.3 is 0 Å². The molecule has 0 unspecified atom stereocenters. The third-order valence-electron chi connectivity index (χ3n) is 6.17. The Kier molecular flexibility index (Phi) is 15.4. The lowest BCUT2D eigenvalue weighted by atomic mass is 10.3. The Hall–Kier alpha value is -4.28. The van der Waals surface area contributed by atoms with Gasteiger partial charge in [-0.1, -0.05) is 72.6 Å². The van der Waals surface area contributed by atoms with E-state index >= 15 is 0 Å². The number of allylic oxidation sites excluding steroid dienone is 3. The number of carbonyl (C=O) groups excluding carboxylic acids is 2. The molecular formula is C34H39N6O2S2+. The Bertz CT molecular complexity index is 1440. The molecule has 3 aromatic rings. The third kappa shape index (κ3) is 13.4. The zero-order valence-electron chi connectivity index (χ0n) is 25.2. The van der Waals surface area contributed by atoms with E-state index in [9.17, 15) is 9.59 Å². The molecular weight excluding hydrogens is 589 g/mol. The summed E-state index contributed by atoms with van der Waals surface area (Å²) in [7, 11) is 3.79. The van der Waals surface area contributed by atoms with E-state index in [4.69, 9.17) is 0 Å². The van der Waals surface area contributed by atoms with Crippen LogP contribution < -0.4 is 14.6 Å². The van der Waals surface area contributed by atoms with Crippen molar-refractivity contribution in [2.75, 3.05) is 42.2 Å². The van der Waals surface area contributed by atoms with Crippen molar-refractivity contribution < 1.29 is 14.2 Å². The largest absolute Gasteiger partial charge is 0.292 e. The van der Waals surface area contributed by atoms with E-state index in [0.29, 0.717) is 24.6 Å². The summed E-state index contributed by atoms with van der Waals surface area (Å²) in [6.07, 6.45) is 13.2. The minimum atomic E-state index is 0.0112. The number of para-hydroxylation sites is 2. The zero-order chi connectivity index (χ0) is 31.4. The van der Waals surface area contributed by atoms with Gasteiger partial charge in [-0.2, -0.15) is 10.2 Å². The highest BCUT2D eigenvalue weighted by Crippen LogP contribution is 2.14. The van der Waals surface area contributed by atoms with Crippen molar-refractivity contribution in [2.24, 2.45) is 15.2 Å². The van der Waals surface area contributed by atoms with E-state index in [1.165, 1.54) is 23.5 Å². The summed E-state index contributed by atoms with van der Waals surface area (Å²) < 4.78 is 2.03. The first-order chi connectivity index (χ1) is 21.4. The SMILES string of the molecule is C=CC(/C=N/N(C)c1ccccc1)=C\C=NCCSC(=O)CCC(=O)SCC[n+]1ccc(/C=N/N(C)c2ccccc2)cc1. The molecule has 10 heteroatoms. The van der Waals surface area contributed by atoms with Crippen molar-refractivity contribution in [1.29, 1.82) is 0 Å². The predicted octanol–water partition coefficient (Wildman–Crippen LogP) is 6.05. The molecule has 0 fully saturated rings. The van der Waals surface area contributed by atoms with Gasteiger partial charge in [0.25, 0.3) is 0 Å². The molecule has 1 heterocycles. The minimum absolute atomic E-state index is 0.0112. The third-order valence-corrected chi connectivity index (χ3v) is 8.00. The van der Waals surface area contributed by atoms with Crippen molar-refractivity contribution in [3.63, 3.8) is 0 Å². The van der Waals surface area contributed by atoms with Crippen LogP contribution in [0.25, 0.3) is 0 Å². The summed E-state index contributed by atoms with van der Waals surface area (Å²) in [5.41, 5.74) is 3.81. The van der Waals surface area contributed by atoms with E-state index in [0.717, 1.165) is 22.5 Å². The molecule has 0 aliphatic carbocycles. The molecule has 0 aliphatic rings. The van der Waals surface area contributed by atoms with Crippen LogP contribution in [0.15, 0.2) is 125 Å².